The lowest BCUT2D eigenvalue weighted by molar-refractivity contribution is 0.122. The first-order chi connectivity index (χ1) is 18.1. The normalized spacial score (nSPS) is 14.1. The Morgan fingerprint density at radius 2 is 1.70 bits per heavy atom. The number of morpholine rings is 1. The van der Waals surface area contributed by atoms with Gasteiger partial charge in [0.1, 0.15) is 17.4 Å². The zero-order valence-corrected chi connectivity index (χ0v) is 20.8. The number of nitrogens with two attached hydrogens (primary N) is 1. The third kappa shape index (κ3) is 5.61. The van der Waals surface area contributed by atoms with Crippen LogP contribution in [0.5, 0.6) is 11.6 Å². The summed E-state index contributed by atoms with van der Waals surface area (Å²) in [5.74, 6) is 2.55. The molecule has 7 heteroatoms. The molecule has 0 amide bonds. The van der Waals surface area contributed by atoms with E-state index in [2.05, 4.69) is 57.3 Å². The van der Waals surface area contributed by atoms with Crippen molar-refractivity contribution in [3.63, 3.8) is 0 Å². The van der Waals surface area contributed by atoms with E-state index in [0.29, 0.717) is 42.8 Å². The van der Waals surface area contributed by atoms with Crippen molar-refractivity contribution in [2.45, 2.75) is 12.8 Å². The Hall–Kier alpha value is -4.25. The summed E-state index contributed by atoms with van der Waals surface area (Å²) < 4.78 is 11.8. The third-order valence-electron chi connectivity index (χ3n) is 6.52. The average Bonchev–Trinajstić information content (AvgIpc) is 2.95. The SMILES string of the molecule is Cc1nc(Oc2cc(C#N)ccc2-c2ccc(C(CN)c3ccccc3)cc2)cc(N2CCOCC2)n1. The topological polar surface area (TPSA) is 97.3 Å². The van der Waals surface area contributed by atoms with Crippen LogP contribution in [0.3, 0.4) is 0 Å². The molecule has 186 valence electrons. The van der Waals surface area contributed by atoms with Gasteiger partial charge in [-0.15, -0.1) is 0 Å². The molecule has 3 aromatic carbocycles. The predicted molar refractivity (Wildman–Crippen MR) is 144 cm³/mol. The molecule has 1 aromatic heterocycles. The standard InChI is InChI=1S/C30H29N5O2/c1-21-33-29(35-13-15-36-16-14-35)18-30(34-21)37-28-17-22(19-31)7-12-26(28)24-8-10-25(11-9-24)27(20-32)23-5-3-2-4-6-23/h2-12,17-18,27H,13-16,20,32H2,1H3. The van der Waals surface area contributed by atoms with E-state index >= 15 is 0 Å². The van der Waals surface area contributed by atoms with Crippen molar-refractivity contribution >= 4 is 5.82 Å². The summed E-state index contributed by atoms with van der Waals surface area (Å²) in [5.41, 5.74) is 10.8. The molecule has 37 heavy (non-hydrogen) atoms. The lowest BCUT2D eigenvalue weighted by atomic mass is 9.90. The van der Waals surface area contributed by atoms with E-state index in [4.69, 9.17) is 15.2 Å². The Morgan fingerprint density at radius 1 is 0.973 bits per heavy atom. The van der Waals surface area contributed by atoms with Crippen molar-refractivity contribution in [3.05, 3.63) is 101 Å². The van der Waals surface area contributed by atoms with E-state index in [1.54, 1.807) is 12.1 Å². The second-order valence-corrected chi connectivity index (χ2v) is 8.96. The highest BCUT2D eigenvalue weighted by atomic mass is 16.5. The first kappa shape index (κ1) is 24.4. The molecule has 0 bridgehead atoms. The lowest BCUT2D eigenvalue weighted by Gasteiger charge is -2.28. The molecule has 1 aliphatic rings. The molecule has 1 atom stereocenters. The quantitative estimate of drug-likeness (QED) is 0.387. The van der Waals surface area contributed by atoms with Gasteiger partial charge in [-0.3, -0.25) is 0 Å². The van der Waals surface area contributed by atoms with E-state index in [1.807, 2.05) is 37.3 Å². The molecule has 2 N–H and O–H groups in total. The number of rotatable bonds is 7. The number of aryl methyl sites for hydroxylation is 1. The van der Waals surface area contributed by atoms with E-state index in [0.717, 1.165) is 35.6 Å². The maximum atomic E-state index is 9.52. The number of aromatic nitrogens is 2. The van der Waals surface area contributed by atoms with Crippen molar-refractivity contribution in [2.75, 3.05) is 37.7 Å². The van der Waals surface area contributed by atoms with Crippen LogP contribution in [0.4, 0.5) is 5.82 Å². The van der Waals surface area contributed by atoms with Gasteiger partial charge in [-0.2, -0.15) is 10.2 Å². The van der Waals surface area contributed by atoms with Crippen molar-refractivity contribution < 1.29 is 9.47 Å². The van der Waals surface area contributed by atoms with E-state index in [-0.39, 0.29) is 5.92 Å². The Balaban J connectivity index is 1.46. The van der Waals surface area contributed by atoms with Crippen LogP contribution < -0.4 is 15.4 Å². The summed E-state index contributed by atoms with van der Waals surface area (Å²) >= 11 is 0. The Kier molecular flexibility index (Phi) is 7.41. The monoisotopic (exact) mass is 491 g/mol. The van der Waals surface area contributed by atoms with Gasteiger partial charge >= 0.3 is 0 Å². The van der Waals surface area contributed by atoms with Crippen LogP contribution in [-0.4, -0.2) is 42.8 Å². The summed E-state index contributed by atoms with van der Waals surface area (Å²) in [6.45, 7) is 5.24. The number of benzene rings is 3. The summed E-state index contributed by atoms with van der Waals surface area (Å²) in [6, 6.07) is 28.1. The van der Waals surface area contributed by atoms with Gasteiger partial charge in [0.05, 0.1) is 24.8 Å². The van der Waals surface area contributed by atoms with Gasteiger partial charge in [-0.25, -0.2) is 4.98 Å². The highest BCUT2D eigenvalue weighted by Gasteiger charge is 2.17. The number of hydrogen-bond donors (Lipinski definition) is 1. The van der Waals surface area contributed by atoms with Crippen molar-refractivity contribution in [2.24, 2.45) is 5.73 Å². The fourth-order valence-corrected chi connectivity index (χ4v) is 4.60. The number of hydrogen-bond acceptors (Lipinski definition) is 7. The zero-order valence-electron chi connectivity index (χ0n) is 20.8. The highest BCUT2D eigenvalue weighted by molar-refractivity contribution is 5.72. The first-order valence-electron chi connectivity index (χ1n) is 12.4. The molecule has 0 spiro atoms. The van der Waals surface area contributed by atoms with Crippen molar-refractivity contribution in [1.82, 2.24) is 9.97 Å². The molecule has 7 nitrogen and oxygen atoms in total. The Labute approximate surface area is 217 Å². The molecular formula is C30H29N5O2. The van der Waals surface area contributed by atoms with Crippen LogP contribution >= 0.6 is 0 Å². The van der Waals surface area contributed by atoms with E-state index in [9.17, 15) is 5.26 Å². The summed E-state index contributed by atoms with van der Waals surface area (Å²) in [7, 11) is 0. The Morgan fingerprint density at radius 3 is 2.41 bits per heavy atom. The van der Waals surface area contributed by atoms with Gasteiger partial charge in [0.25, 0.3) is 0 Å². The molecule has 2 heterocycles. The average molecular weight is 492 g/mol. The first-order valence-corrected chi connectivity index (χ1v) is 12.4. The number of nitriles is 1. The molecule has 5 rings (SSSR count). The van der Waals surface area contributed by atoms with Crippen LogP contribution in [0.1, 0.15) is 28.4 Å². The Bertz CT molecular complexity index is 1390. The van der Waals surface area contributed by atoms with Gasteiger partial charge in [0.2, 0.25) is 5.88 Å². The molecule has 1 fully saturated rings. The van der Waals surface area contributed by atoms with Crippen LogP contribution in [0.15, 0.2) is 78.9 Å². The smallest absolute Gasteiger partial charge is 0.224 e. The van der Waals surface area contributed by atoms with E-state index in [1.165, 1.54) is 5.56 Å². The van der Waals surface area contributed by atoms with Gasteiger partial charge in [-0.05, 0) is 41.8 Å². The second kappa shape index (κ2) is 11.2. The minimum absolute atomic E-state index is 0.120. The number of nitrogens with zero attached hydrogens (tertiary/aromatic N) is 4. The van der Waals surface area contributed by atoms with Crippen LogP contribution in [-0.2, 0) is 4.74 Å². The zero-order chi connectivity index (χ0) is 25.6. The van der Waals surface area contributed by atoms with Gasteiger partial charge in [-0.1, -0.05) is 54.6 Å². The molecule has 1 aliphatic heterocycles. The van der Waals surface area contributed by atoms with Crippen molar-refractivity contribution in [1.29, 1.82) is 5.26 Å². The van der Waals surface area contributed by atoms with Crippen LogP contribution in [0.25, 0.3) is 11.1 Å². The number of ether oxygens (including phenoxy) is 2. The molecular weight excluding hydrogens is 462 g/mol. The molecule has 0 aliphatic carbocycles. The maximum Gasteiger partial charge on any atom is 0.224 e. The molecule has 0 saturated carbocycles. The van der Waals surface area contributed by atoms with Crippen LogP contribution in [0.2, 0.25) is 0 Å². The minimum Gasteiger partial charge on any atom is -0.438 e. The predicted octanol–water partition coefficient (Wildman–Crippen LogP) is 5.04. The fraction of sp³-hybridized carbons (Fsp3) is 0.233. The molecule has 4 aromatic rings. The largest absolute Gasteiger partial charge is 0.438 e. The molecule has 0 radical (unpaired) electrons. The van der Waals surface area contributed by atoms with Gasteiger partial charge in [0, 0.05) is 37.2 Å². The number of anilines is 1. The lowest BCUT2D eigenvalue weighted by Crippen LogP contribution is -2.36. The maximum absolute atomic E-state index is 9.52. The molecule has 1 saturated heterocycles. The summed E-state index contributed by atoms with van der Waals surface area (Å²) in [4.78, 5) is 11.3. The third-order valence-corrected chi connectivity index (χ3v) is 6.52. The fourth-order valence-electron chi connectivity index (χ4n) is 4.60. The molecule has 1 unspecified atom stereocenters. The minimum atomic E-state index is 0.120. The van der Waals surface area contributed by atoms with Crippen LogP contribution in [0, 0.1) is 18.3 Å². The summed E-state index contributed by atoms with van der Waals surface area (Å²) in [6.07, 6.45) is 0. The van der Waals surface area contributed by atoms with Gasteiger partial charge in [0.15, 0.2) is 0 Å². The second-order valence-electron chi connectivity index (χ2n) is 8.96. The van der Waals surface area contributed by atoms with E-state index < -0.39 is 0 Å². The van der Waals surface area contributed by atoms with Gasteiger partial charge < -0.3 is 20.1 Å². The highest BCUT2D eigenvalue weighted by Crippen LogP contribution is 2.36. The summed E-state index contributed by atoms with van der Waals surface area (Å²) in [5, 5.41) is 9.52. The van der Waals surface area contributed by atoms with Crippen molar-refractivity contribution in [3.8, 4) is 28.8 Å².